The minimum atomic E-state index is -0.0988. The van der Waals surface area contributed by atoms with Gasteiger partial charge >= 0.3 is 6.03 Å². The van der Waals surface area contributed by atoms with E-state index in [2.05, 4.69) is 20.5 Å². The van der Waals surface area contributed by atoms with Gasteiger partial charge in [-0.2, -0.15) is 0 Å². The van der Waals surface area contributed by atoms with Crippen LogP contribution in [-0.2, 0) is 4.79 Å². The maximum Gasteiger partial charge on any atom is 0.315 e. The number of hydrogen-bond donors (Lipinski definition) is 2. The highest BCUT2D eigenvalue weighted by Crippen LogP contribution is 2.17. The molecule has 7 heteroatoms. The van der Waals surface area contributed by atoms with Gasteiger partial charge in [-0.1, -0.05) is 25.3 Å². The summed E-state index contributed by atoms with van der Waals surface area (Å²) < 4.78 is 0. The van der Waals surface area contributed by atoms with Crippen LogP contribution in [0.4, 0.5) is 10.6 Å². The zero-order valence-corrected chi connectivity index (χ0v) is 16.0. The summed E-state index contributed by atoms with van der Waals surface area (Å²) in [6, 6.07) is 6.11. The molecule has 1 aliphatic carbocycles. The largest absolute Gasteiger partial charge is 0.353 e. The van der Waals surface area contributed by atoms with E-state index in [1.54, 1.807) is 6.20 Å². The highest BCUT2D eigenvalue weighted by Gasteiger charge is 2.21. The van der Waals surface area contributed by atoms with Crippen molar-refractivity contribution in [2.45, 2.75) is 51.0 Å². The lowest BCUT2D eigenvalue weighted by Crippen LogP contribution is -2.49. The highest BCUT2D eigenvalue weighted by molar-refractivity contribution is 5.77. The molecule has 2 N–H and O–H groups in total. The Balaban J connectivity index is 1.28. The Labute approximate surface area is 161 Å². The summed E-state index contributed by atoms with van der Waals surface area (Å²) in [5.41, 5.74) is 0. The van der Waals surface area contributed by atoms with Crippen molar-refractivity contribution in [3.8, 4) is 0 Å². The van der Waals surface area contributed by atoms with E-state index in [9.17, 15) is 9.59 Å². The Morgan fingerprint density at radius 3 is 2.56 bits per heavy atom. The Morgan fingerprint density at radius 1 is 1.07 bits per heavy atom. The molecule has 2 fully saturated rings. The molecule has 1 saturated heterocycles. The van der Waals surface area contributed by atoms with E-state index < -0.39 is 0 Å². The van der Waals surface area contributed by atoms with Gasteiger partial charge in [0.25, 0.3) is 0 Å². The molecule has 1 aliphatic heterocycles. The van der Waals surface area contributed by atoms with Gasteiger partial charge in [0, 0.05) is 51.4 Å². The number of rotatable bonds is 6. The van der Waals surface area contributed by atoms with E-state index in [0.29, 0.717) is 25.4 Å². The van der Waals surface area contributed by atoms with Crippen LogP contribution in [0.3, 0.4) is 0 Å². The number of carbonyl (C=O) groups excluding carboxylic acids is 2. The summed E-state index contributed by atoms with van der Waals surface area (Å²) >= 11 is 0. The van der Waals surface area contributed by atoms with Gasteiger partial charge in [-0.25, -0.2) is 9.78 Å². The highest BCUT2D eigenvalue weighted by atomic mass is 16.2. The number of aromatic nitrogens is 1. The minimum absolute atomic E-state index is 0.0988. The predicted octanol–water partition coefficient (Wildman–Crippen LogP) is 2.14. The first-order chi connectivity index (χ1) is 13.2. The molecule has 0 spiro atoms. The first kappa shape index (κ1) is 19.5. The smallest absolute Gasteiger partial charge is 0.315 e. The zero-order valence-electron chi connectivity index (χ0n) is 16.0. The first-order valence-corrected chi connectivity index (χ1v) is 10.2. The van der Waals surface area contributed by atoms with Gasteiger partial charge in [-0.3, -0.25) is 4.79 Å². The van der Waals surface area contributed by atoms with Crippen molar-refractivity contribution in [3.05, 3.63) is 24.4 Å². The van der Waals surface area contributed by atoms with Crippen LogP contribution in [-0.4, -0.2) is 60.6 Å². The van der Waals surface area contributed by atoms with Gasteiger partial charge in [0.2, 0.25) is 5.91 Å². The monoisotopic (exact) mass is 373 g/mol. The molecule has 2 heterocycles. The van der Waals surface area contributed by atoms with Gasteiger partial charge in [-0.05, 0) is 31.4 Å². The molecule has 0 aromatic carbocycles. The van der Waals surface area contributed by atoms with E-state index >= 15 is 0 Å². The molecule has 0 unspecified atom stereocenters. The molecule has 3 amide bonds. The molecule has 2 aliphatic rings. The Bertz CT molecular complexity index is 596. The van der Waals surface area contributed by atoms with E-state index in [1.165, 1.54) is 19.3 Å². The van der Waals surface area contributed by atoms with E-state index in [1.807, 2.05) is 23.1 Å². The standard InChI is InChI=1S/C20H31N5O2/c26-19(10-6-12-22-20(27)23-17-7-2-1-3-8-17)25-15-13-24(14-16-25)18-9-4-5-11-21-18/h4-5,9,11,17H,1-3,6-8,10,12-16H2,(H2,22,23,27). The van der Waals surface area contributed by atoms with Crippen LogP contribution in [0.15, 0.2) is 24.4 Å². The number of nitrogens with one attached hydrogen (secondary N) is 2. The third kappa shape index (κ3) is 6.12. The van der Waals surface area contributed by atoms with Gasteiger partial charge in [0.05, 0.1) is 0 Å². The van der Waals surface area contributed by atoms with Gasteiger partial charge in [-0.15, -0.1) is 0 Å². The second-order valence-electron chi connectivity index (χ2n) is 7.39. The summed E-state index contributed by atoms with van der Waals surface area (Å²) in [7, 11) is 0. The quantitative estimate of drug-likeness (QED) is 0.749. The van der Waals surface area contributed by atoms with Crippen LogP contribution in [0.1, 0.15) is 44.9 Å². The summed E-state index contributed by atoms with van der Waals surface area (Å²) in [6.07, 6.45) is 8.79. The minimum Gasteiger partial charge on any atom is -0.353 e. The molecular formula is C20H31N5O2. The number of anilines is 1. The molecular weight excluding hydrogens is 342 g/mol. The molecule has 0 atom stereocenters. The van der Waals surface area contributed by atoms with Crippen LogP contribution >= 0.6 is 0 Å². The first-order valence-electron chi connectivity index (χ1n) is 10.2. The number of urea groups is 1. The fourth-order valence-corrected chi connectivity index (χ4v) is 3.81. The van der Waals surface area contributed by atoms with Gasteiger partial charge in [0.15, 0.2) is 0 Å². The Morgan fingerprint density at radius 2 is 1.85 bits per heavy atom. The maximum atomic E-state index is 12.4. The fourth-order valence-electron chi connectivity index (χ4n) is 3.81. The van der Waals surface area contributed by atoms with E-state index in [0.717, 1.165) is 44.8 Å². The molecule has 148 valence electrons. The molecule has 0 radical (unpaired) electrons. The normalized spacial score (nSPS) is 18.2. The average Bonchev–Trinajstić information content (AvgIpc) is 2.72. The topological polar surface area (TPSA) is 77.6 Å². The van der Waals surface area contributed by atoms with Gasteiger partial charge < -0.3 is 20.4 Å². The summed E-state index contributed by atoms with van der Waals surface area (Å²) in [5.74, 6) is 1.14. The van der Waals surface area contributed by atoms with Crippen molar-refractivity contribution in [2.24, 2.45) is 0 Å². The number of piperazine rings is 1. The van der Waals surface area contributed by atoms with Crippen molar-refractivity contribution in [2.75, 3.05) is 37.6 Å². The van der Waals surface area contributed by atoms with E-state index in [-0.39, 0.29) is 11.9 Å². The van der Waals surface area contributed by atoms with Crippen molar-refractivity contribution in [1.29, 1.82) is 0 Å². The average molecular weight is 374 g/mol. The number of pyridine rings is 1. The Kier molecular flexibility index (Phi) is 7.30. The van der Waals surface area contributed by atoms with Crippen molar-refractivity contribution in [3.63, 3.8) is 0 Å². The SMILES string of the molecule is O=C(NCCCC(=O)N1CCN(c2ccccn2)CC1)NC1CCCCC1. The third-order valence-electron chi connectivity index (χ3n) is 5.40. The number of hydrogen-bond acceptors (Lipinski definition) is 4. The zero-order chi connectivity index (χ0) is 18.9. The number of nitrogens with zero attached hydrogens (tertiary/aromatic N) is 3. The fraction of sp³-hybridized carbons (Fsp3) is 0.650. The van der Waals surface area contributed by atoms with Crippen LogP contribution in [0.25, 0.3) is 0 Å². The molecule has 3 rings (SSSR count). The van der Waals surface area contributed by atoms with Crippen molar-refractivity contribution >= 4 is 17.8 Å². The molecule has 1 aromatic rings. The predicted molar refractivity (Wildman–Crippen MR) is 106 cm³/mol. The second-order valence-corrected chi connectivity index (χ2v) is 7.39. The summed E-state index contributed by atoms with van der Waals surface area (Å²) in [5, 5.41) is 5.91. The molecule has 1 saturated carbocycles. The van der Waals surface area contributed by atoms with Crippen LogP contribution in [0.2, 0.25) is 0 Å². The third-order valence-corrected chi connectivity index (χ3v) is 5.40. The van der Waals surface area contributed by atoms with Crippen LogP contribution < -0.4 is 15.5 Å². The number of carbonyl (C=O) groups is 2. The summed E-state index contributed by atoms with van der Waals surface area (Å²) in [6.45, 7) is 3.61. The van der Waals surface area contributed by atoms with Crippen LogP contribution in [0.5, 0.6) is 0 Å². The lowest BCUT2D eigenvalue weighted by Gasteiger charge is -2.35. The van der Waals surface area contributed by atoms with Gasteiger partial charge in [0.1, 0.15) is 5.82 Å². The molecule has 27 heavy (non-hydrogen) atoms. The lowest BCUT2D eigenvalue weighted by molar-refractivity contribution is -0.131. The molecule has 1 aromatic heterocycles. The summed E-state index contributed by atoms with van der Waals surface area (Å²) in [4.78, 5) is 32.8. The lowest BCUT2D eigenvalue weighted by atomic mass is 9.96. The molecule has 0 bridgehead atoms. The maximum absolute atomic E-state index is 12.4. The van der Waals surface area contributed by atoms with Crippen LogP contribution in [0, 0.1) is 0 Å². The van der Waals surface area contributed by atoms with Crippen molar-refractivity contribution in [1.82, 2.24) is 20.5 Å². The Hall–Kier alpha value is -2.31. The molecule has 7 nitrogen and oxygen atoms in total. The van der Waals surface area contributed by atoms with E-state index in [4.69, 9.17) is 0 Å². The van der Waals surface area contributed by atoms with Crippen molar-refractivity contribution < 1.29 is 9.59 Å². The number of amides is 3. The second kappa shape index (κ2) is 10.1.